The van der Waals surface area contributed by atoms with Crippen LogP contribution in [0.3, 0.4) is 0 Å². The Morgan fingerprint density at radius 1 is 0.891 bits per heavy atom. The third-order valence-electron chi connectivity index (χ3n) is 8.08. The van der Waals surface area contributed by atoms with E-state index in [1.807, 2.05) is 36.4 Å². The summed E-state index contributed by atoms with van der Waals surface area (Å²) in [5.74, 6) is -3.53. The summed E-state index contributed by atoms with van der Waals surface area (Å²) in [5.41, 5.74) is 0.0710. The first-order valence-corrected chi connectivity index (χ1v) is 16.5. The van der Waals surface area contributed by atoms with Crippen molar-refractivity contribution >= 4 is 78.9 Å². The number of nitrogens with one attached hydrogen (secondary N) is 1. The van der Waals surface area contributed by atoms with Crippen molar-refractivity contribution in [2.24, 2.45) is 5.92 Å². The fourth-order valence-corrected chi connectivity index (χ4v) is 9.07. The summed E-state index contributed by atoms with van der Waals surface area (Å²) in [4.78, 5) is 55.6. The Morgan fingerprint density at radius 2 is 1.61 bits per heavy atom. The van der Waals surface area contributed by atoms with Gasteiger partial charge in [0.05, 0.1) is 22.2 Å². The lowest BCUT2D eigenvalue weighted by Crippen LogP contribution is -2.33. The summed E-state index contributed by atoms with van der Waals surface area (Å²) in [6.07, 6.45) is -4.67. The second-order valence-electron chi connectivity index (χ2n) is 10.9. The third-order valence-corrected chi connectivity index (χ3v) is 11.2. The molecule has 5 aromatic rings. The zero-order valence-electron chi connectivity index (χ0n) is 23.5. The molecular formula is C33H21BrF3N3O4S2. The van der Waals surface area contributed by atoms with Gasteiger partial charge in [0.2, 0.25) is 17.7 Å². The highest BCUT2D eigenvalue weighted by molar-refractivity contribution is 9.10. The van der Waals surface area contributed by atoms with E-state index in [1.54, 1.807) is 30.3 Å². The molecule has 0 saturated carbocycles. The Morgan fingerprint density at radius 3 is 2.37 bits per heavy atom. The van der Waals surface area contributed by atoms with Gasteiger partial charge in [0.25, 0.3) is 0 Å². The number of benzene rings is 4. The second-order valence-corrected chi connectivity index (χ2v) is 13.9. The van der Waals surface area contributed by atoms with Crippen molar-refractivity contribution in [2.75, 3.05) is 10.2 Å². The van der Waals surface area contributed by atoms with Gasteiger partial charge in [-0.3, -0.25) is 23.7 Å². The van der Waals surface area contributed by atoms with Gasteiger partial charge in [-0.05, 0) is 47.3 Å². The van der Waals surface area contributed by atoms with Gasteiger partial charge >= 0.3 is 11.0 Å². The van der Waals surface area contributed by atoms with Crippen molar-refractivity contribution in [2.45, 2.75) is 28.9 Å². The predicted molar refractivity (Wildman–Crippen MR) is 174 cm³/mol. The van der Waals surface area contributed by atoms with E-state index in [0.717, 1.165) is 61.4 Å². The van der Waals surface area contributed by atoms with E-state index in [-0.39, 0.29) is 12.2 Å². The average molecular weight is 725 g/mol. The van der Waals surface area contributed by atoms with Gasteiger partial charge in [0.1, 0.15) is 11.8 Å². The fraction of sp³-hybridized carbons (Fsp3) is 0.152. The molecule has 3 atom stereocenters. The van der Waals surface area contributed by atoms with Crippen molar-refractivity contribution in [1.82, 2.24) is 4.57 Å². The van der Waals surface area contributed by atoms with Crippen LogP contribution in [0, 0.1) is 5.92 Å². The first-order chi connectivity index (χ1) is 22.0. The van der Waals surface area contributed by atoms with Gasteiger partial charge in [-0.1, -0.05) is 93.6 Å². The molecule has 7 nitrogen and oxygen atoms in total. The van der Waals surface area contributed by atoms with Crippen LogP contribution in [0.15, 0.2) is 105 Å². The van der Waals surface area contributed by atoms with Crippen LogP contribution < -0.4 is 15.1 Å². The number of rotatable bonds is 5. The monoisotopic (exact) mass is 723 g/mol. The molecule has 13 heteroatoms. The molecule has 0 spiro atoms. The number of anilines is 2. The van der Waals surface area contributed by atoms with Gasteiger partial charge in [-0.15, -0.1) is 0 Å². The van der Waals surface area contributed by atoms with Gasteiger partial charge in [-0.2, -0.15) is 13.2 Å². The maximum atomic E-state index is 14.0. The molecule has 3 amide bonds. The van der Waals surface area contributed by atoms with Gasteiger partial charge in [0, 0.05) is 26.3 Å². The zero-order valence-corrected chi connectivity index (χ0v) is 26.7. The smallest absolute Gasteiger partial charge is 0.324 e. The van der Waals surface area contributed by atoms with Crippen LogP contribution >= 0.6 is 39.0 Å². The van der Waals surface area contributed by atoms with Crippen LogP contribution in [-0.2, 0) is 27.1 Å². The molecule has 7 rings (SSSR count). The second kappa shape index (κ2) is 11.6. The highest BCUT2D eigenvalue weighted by atomic mass is 79.9. The summed E-state index contributed by atoms with van der Waals surface area (Å²) in [6, 6.07) is 24.3. The lowest BCUT2D eigenvalue weighted by atomic mass is 9.83. The Labute approximate surface area is 276 Å². The maximum absolute atomic E-state index is 14.0. The molecule has 0 bridgehead atoms. The zero-order chi connectivity index (χ0) is 32.3. The largest absolute Gasteiger partial charge is 0.416 e. The van der Waals surface area contributed by atoms with Crippen LogP contribution in [0.25, 0.3) is 10.8 Å². The summed E-state index contributed by atoms with van der Waals surface area (Å²) in [5, 5.41) is 3.99. The lowest BCUT2D eigenvalue weighted by Gasteiger charge is -2.30. The van der Waals surface area contributed by atoms with E-state index in [0.29, 0.717) is 21.2 Å². The minimum Gasteiger partial charge on any atom is -0.324 e. The number of thioether (sulfide) groups is 1. The average Bonchev–Trinajstić information content (AvgIpc) is 3.47. The number of carbonyl (C=O) groups is 3. The molecule has 0 aliphatic carbocycles. The topological polar surface area (TPSA) is 88.5 Å². The Hall–Kier alpha value is -4.20. The molecule has 46 heavy (non-hydrogen) atoms. The van der Waals surface area contributed by atoms with E-state index in [2.05, 4.69) is 21.2 Å². The SMILES string of the molecule is O=C(Cn1c2c(sc1=O)[C@@H](c1ccc(Br)cc1)[C@@H]1C(=O)N(c3cccc(C(F)(F)F)c3)C(=O)[C@@H]1S2)Nc1cccc2ccccc12. The van der Waals surface area contributed by atoms with Crippen LogP contribution in [0.5, 0.6) is 0 Å². The standard InChI is InChI=1S/C33H21BrF3N3O4S2/c34-20-13-11-18(12-14-20)25-26-27(30(43)40(29(26)42)21-8-4-7-19(15-21)33(35,36)37)45-31-28(25)46-32(44)39(31)16-24(41)38-23-10-3-6-17-5-1-2-9-22(17)23/h1-15,25-27H,16H2,(H,38,41)/t25-,26-,27+/m0/s1. The van der Waals surface area contributed by atoms with E-state index in [9.17, 15) is 32.3 Å². The van der Waals surface area contributed by atoms with Crippen LogP contribution in [0.2, 0.25) is 0 Å². The van der Waals surface area contributed by atoms with Crippen LogP contribution in [0.4, 0.5) is 24.5 Å². The number of hydrogen-bond acceptors (Lipinski definition) is 6. The highest BCUT2D eigenvalue weighted by Gasteiger charge is 2.57. The van der Waals surface area contributed by atoms with E-state index < -0.39 is 51.4 Å². The summed E-state index contributed by atoms with van der Waals surface area (Å²) in [6.45, 7) is -0.342. The summed E-state index contributed by atoms with van der Waals surface area (Å²) in [7, 11) is 0. The molecule has 232 valence electrons. The molecule has 1 fully saturated rings. The summed E-state index contributed by atoms with van der Waals surface area (Å²) >= 11 is 5.30. The van der Waals surface area contributed by atoms with Crippen molar-refractivity contribution in [1.29, 1.82) is 0 Å². The number of carbonyl (C=O) groups excluding carboxylic acids is 3. The van der Waals surface area contributed by atoms with E-state index in [4.69, 9.17) is 0 Å². The lowest BCUT2D eigenvalue weighted by molar-refractivity contribution is -0.137. The Kier molecular flexibility index (Phi) is 7.65. The Balaban J connectivity index is 1.28. The first-order valence-electron chi connectivity index (χ1n) is 14.0. The molecule has 4 aromatic carbocycles. The number of imide groups is 1. The number of aromatic nitrogens is 1. The fourth-order valence-electron chi connectivity index (χ4n) is 6.03. The first kappa shape index (κ1) is 30.5. The molecule has 2 aliphatic heterocycles. The van der Waals surface area contributed by atoms with Crippen molar-refractivity contribution in [3.8, 4) is 0 Å². The highest BCUT2D eigenvalue weighted by Crippen LogP contribution is 2.54. The maximum Gasteiger partial charge on any atom is 0.416 e. The van der Waals surface area contributed by atoms with Gasteiger partial charge in [0.15, 0.2) is 0 Å². The number of halogens is 4. The number of hydrogen-bond donors (Lipinski definition) is 1. The van der Waals surface area contributed by atoms with Gasteiger partial charge < -0.3 is 5.32 Å². The molecule has 2 aliphatic rings. The van der Waals surface area contributed by atoms with Crippen molar-refractivity contribution < 1.29 is 27.6 Å². The number of fused-ring (bicyclic) bond motifs is 3. The van der Waals surface area contributed by atoms with E-state index >= 15 is 0 Å². The Bertz CT molecular complexity index is 2110. The molecule has 1 aromatic heterocycles. The minimum atomic E-state index is -4.67. The van der Waals surface area contributed by atoms with E-state index in [1.165, 1.54) is 10.6 Å². The predicted octanol–water partition coefficient (Wildman–Crippen LogP) is 7.28. The molecule has 1 saturated heterocycles. The van der Waals surface area contributed by atoms with Crippen molar-refractivity contribution in [3.63, 3.8) is 0 Å². The number of thiazole rings is 1. The van der Waals surface area contributed by atoms with Crippen molar-refractivity contribution in [3.05, 3.63) is 121 Å². The number of alkyl halides is 3. The molecule has 3 heterocycles. The third kappa shape index (κ3) is 5.25. The molecule has 0 unspecified atom stereocenters. The minimum absolute atomic E-state index is 0.176. The molecule has 1 N–H and O–H groups in total. The normalized spacial score (nSPS) is 19.3. The number of nitrogens with zero attached hydrogens (tertiary/aromatic N) is 2. The number of amides is 3. The van der Waals surface area contributed by atoms with Gasteiger partial charge in [-0.25, -0.2) is 4.90 Å². The summed E-state index contributed by atoms with van der Waals surface area (Å²) < 4.78 is 42.7. The quantitative estimate of drug-likeness (QED) is 0.193. The van der Waals surface area contributed by atoms with Crippen LogP contribution in [-0.4, -0.2) is 27.5 Å². The van der Waals surface area contributed by atoms with Crippen LogP contribution in [0.1, 0.15) is 21.9 Å². The molecular weight excluding hydrogens is 703 g/mol. The molecule has 0 radical (unpaired) electrons.